The lowest BCUT2D eigenvalue weighted by Crippen LogP contribution is -1.94. The highest BCUT2D eigenvalue weighted by Crippen LogP contribution is 2.25. The van der Waals surface area contributed by atoms with Gasteiger partial charge < -0.3 is 13.9 Å². The van der Waals surface area contributed by atoms with Gasteiger partial charge in [-0.1, -0.05) is 0 Å². The standard InChI is InChI=1S/C26H19N3O3/c1-17(29-28-16-19-3-7-26-21(13-19)9-11-32-26)23-14-22(4-5-24(23)30)27-15-18-2-6-25-20(12-18)8-10-31-25/h2-16,30H,1H3/b27-15?,28-16+,29-17+. The van der Waals surface area contributed by atoms with Crippen molar-refractivity contribution >= 4 is 45.8 Å². The van der Waals surface area contributed by atoms with Crippen molar-refractivity contribution < 1.29 is 13.9 Å². The minimum Gasteiger partial charge on any atom is -0.507 e. The van der Waals surface area contributed by atoms with Gasteiger partial charge in [-0.15, -0.1) is 0 Å². The van der Waals surface area contributed by atoms with Gasteiger partial charge in [0.05, 0.1) is 30.1 Å². The van der Waals surface area contributed by atoms with Gasteiger partial charge in [-0.05, 0) is 84.8 Å². The van der Waals surface area contributed by atoms with E-state index in [4.69, 9.17) is 8.83 Å². The third-order valence-electron chi connectivity index (χ3n) is 5.10. The summed E-state index contributed by atoms with van der Waals surface area (Å²) < 4.78 is 10.7. The first kappa shape index (κ1) is 19.5. The molecule has 0 unspecified atom stereocenters. The van der Waals surface area contributed by atoms with Crippen LogP contribution in [0.3, 0.4) is 0 Å². The van der Waals surface area contributed by atoms with E-state index in [2.05, 4.69) is 15.2 Å². The van der Waals surface area contributed by atoms with Crippen molar-refractivity contribution in [2.24, 2.45) is 15.2 Å². The number of aromatic hydroxyl groups is 1. The highest BCUT2D eigenvalue weighted by Gasteiger charge is 2.06. The van der Waals surface area contributed by atoms with Gasteiger partial charge in [-0.3, -0.25) is 4.99 Å². The molecule has 1 N–H and O–H groups in total. The first-order valence-corrected chi connectivity index (χ1v) is 10.1. The number of hydrogen-bond acceptors (Lipinski definition) is 6. The summed E-state index contributed by atoms with van der Waals surface area (Å²) in [6.07, 6.45) is 6.76. The number of rotatable bonds is 5. The Labute approximate surface area is 183 Å². The van der Waals surface area contributed by atoms with Crippen molar-refractivity contribution in [2.75, 3.05) is 0 Å². The number of phenols is 1. The van der Waals surface area contributed by atoms with E-state index in [-0.39, 0.29) is 5.75 Å². The molecule has 2 heterocycles. The third kappa shape index (κ3) is 4.06. The van der Waals surface area contributed by atoms with E-state index in [1.165, 1.54) is 0 Å². The van der Waals surface area contributed by atoms with E-state index in [1.807, 2.05) is 48.5 Å². The second kappa shape index (κ2) is 8.35. The van der Waals surface area contributed by atoms with Gasteiger partial charge in [-0.25, -0.2) is 0 Å². The second-order valence-electron chi connectivity index (χ2n) is 7.33. The molecule has 156 valence electrons. The number of benzene rings is 3. The van der Waals surface area contributed by atoms with Gasteiger partial charge in [0.1, 0.15) is 16.9 Å². The van der Waals surface area contributed by atoms with E-state index in [9.17, 15) is 5.11 Å². The molecule has 5 aromatic rings. The van der Waals surface area contributed by atoms with Crippen LogP contribution in [0.4, 0.5) is 5.69 Å². The number of fused-ring (bicyclic) bond motifs is 2. The van der Waals surface area contributed by atoms with E-state index < -0.39 is 0 Å². The molecule has 0 atom stereocenters. The van der Waals surface area contributed by atoms with Crippen molar-refractivity contribution in [2.45, 2.75) is 6.92 Å². The zero-order valence-corrected chi connectivity index (χ0v) is 17.3. The molecule has 0 aliphatic heterocycles. The van der Waals surface area contributed by atoms with E-state index in [0.717, 1.165) is 33.1 Å². The van der Waals surface area contributed by atoms with Crippen LogP contribution in [-0.2, 0) is 0 Å². The summed E-state index contributed by atoms with van der Waals surface area (Å²) in [6, 6.07) is 20.6. The molecule has 0 amide bonds. The summed E-state index contributed by atoms with van der Waals surface area (Å²) in [5.74, 6) is 0.125. The Morgan fingerprint density at radius 1 is 0.781 bits per heavy atom. The SMILES string of the molecule is C/C(=N\N=C\c1ccc2occc2c1)c1cc(N=Cc2ccc3occc3c2)ccc1O. The van der Waals surface area contributed by atoms with Crippen LogP contribution in [0.15, 0.2) is 103 Å². The van der Waals surface area contributed by atoms with Crippen LogP contribution in [0.5, 0.6) is 5.75 Å². The highest BCUT2D eigenvalue weighted by molar-refractivity contribution is 6.02. The summed E-state index contributed by atoms with van der Waals surface area (Å²) in [7, 11) is 0. The lowest BCUT2D eigenvalue weighted by molar-refractivity contribution is 0.474. The Bertz CT molecular complexity index is 1510. The number of aliphatic imine (C=N–C) groups is 1. The molecule has 6 nitrogen and oxygen atoms in total. The van der Waals surface area contributed by atoms with Crippen molar-refractivity contribution in [1.29, 1.82) is 0 Å². The number of nitrogens with zero attached hydrogens (tertiary/aromatic N) is 3. The van der Waals surface area contributed by atoms with Crippen LogP contribution in [0, 0.1) is 0 Å². The maximum Gasteiger partial charge on any atom is 0.133 e. The molecular formula is C26H19N3O3. The molecule has 5 rings (SSSR count). The third-order valence-corrected chi connectivity index (χ3v) is 5.10. The molecule has 0 bridgehead atoms. The maximum absolute atomic E-state index is 10.3. The van der Waals surface area contributed by atoms with Gasteiger partial charge in [0, 0.05) is 22.6 Å². The highest BCUT2D eigenvalue weighted by atomic mass is 16.3. The van der Waals surface area contributed by atoms with Crippen LogP contribution < -0.4 is 0 Å². The van der Waals surface area contributed by atoms with Crippen LogP contribution in [-0.4, -0.2) is 23.2 Å². The topological polar surface area (TPSA) is 83.6 Å². The van der Waals surface area contributed by atoms with Crippen LogP contribution in [0.25, 0.3) is 21.9 Å². The van der Waals surface area contributed by atoms with Crippen molar-refractivity contribution in [3.63, 3.8) is 0 Å². The van der Waals surface area contributed by atoms with Crippen molar-refractivity contribution in [3.8, 4) is 5.75 Å². The molecule has 0 radical (unpaired) electrons. The zero-order valence-electron chi connectivity index (χ0n) is 17.3. The first-order valence-electron chi connectivity index (χ1n) is 10.1. The van der Waals surface area contributed by atoms with Gasteiger partial charge >= 0.3 is 0 Å². The molecule has 32 heavy (non-hydrogen) atoms. The summed E-state index contributed by atoms with van der Waals surface area (Å²) >= 11 is 0. The zero-order chi connectivity index (χ0) is 21.9. The monoisotopic (exact) mass is 421 g/mol. The van der Waals surface area contributed by atoms with Gasteiger partial charge in [0.15, 0.2) is 0 Å². The Balaban J connectivity index is 1.35. The Morgan fingerprint density at radius 2 is 1.44 bits per heavy atom. The first-order chi connectivity index (χ1) is 15.7. The Hall–Kier alpha value is -4.45. The lowest BCUT2D eigenvalue weighted by atomic mass is 10.1. The average Bonchev–Trinajstić information content (AvgIpc) is 3.47. The molecule has 0 spiro atoms. The second-order valence-corrected chi connectivity index (χ2v) is 7.33. The Kier molecular flexibility index (Phi) is 5.09. The fourth-order valence-electron chi connectivity index (χ4n) is 3.41. The predicted molar refractivity (Wildman–Crippen MR) is 128 cm³/mol. The van der Waals surface area contributed by atoms with Crippen LogP contribution in [0.2, 0.25) is 0 Å². The van der Waals surface area contributed by atoms with Gasteiger partial charge in [0.2, 0.25) is 0 Å². The largest absolute Gasteiger partial charge is 0.507 e. The fraction of sp³-hybridized carbons (Fsp3) is 0.0385. The predicted octanol–water partition coefficient (Wildman–Crippen LogP) is 6.48. The fourth-order valence-corrected chi connectivity index (χ4v) is 3.41. The molecule has 0 saturated heterocycles. The van der Waals surface area contributed by atoms with Crippen LogP contribution in [0.1, 0.15) is 23.6 Å². The van der Waals surface area contributed by atoms with Gasteiger partial charge in [-0.2, -0.15) is 10.2 Å². The molecule has 2 aromatic heterocycles. The summed E-state index contributed by atoms with van der Waals surface area (Å²) in [4.78, 5) is 4.53. The molecule has 3 aromatic carbocycles. The maximum atomic E-state index is 10.3. The number of furan rings is 2. The van der Waals surface area contributed by atoms with E-state index in [0.29, 0.717) is 17.0 Å². The Morgan fingerprint density at radius 3 is 2.12 bits per heavy atom. The van der Waals surface area contributed by atoms with Crippen molar-refractivity contribution in [1.82, 2.24) is 0 Å². The smallest absolute Gasteiger partial charge is 0.133 e. The molecule has 0 fully saturated rings. The molecule has 0 aliphatic carbocycles. The molecule has 0 aliphatic rings. The lowest BCUT2D eigenvalue weighted by Gasteiger charge is -2.04. The summed E-state index contributed by atoms with van der Waals surface area (Å²) in [6.45, 7) is 1.80. The number of hydrogen-bond donors (Lipinski definition) is 1. The summed E-state index contributed by atoms with van der Waals surface area (Å²) in [5.41, 5.74) is 5.40. The minimum absolute atomic E-state index is 0.125. The summed E-state index contributed by atoms with van der Waals surface area (Å²) in [5, 5.41) is 20.7. The average molecular weight is 421 g/mol. The van der Waals surface area contributed by atoms with Gasteiger partial charge in [0.25, 0.3) is 0 Å². The molecule has 6 heteroatoms. The van der Waals surface area contributed by atoms with E-state index in [1.54, 1.807) is 50.1 Å². The normalized spacial score (nSPS) is 12.6. The van der Waals surface area contributed by atoms with Crippen molar-refractivity contribution in [3.05, 3.63) is 95.9 Å². The van der Waals surface area contributed by atoms with E-state index >= 15 is 0 Å². The quantitative estimate of drug-likeness (QED) is 0.260. The molecular weight excluding hydrogens is 402 g/mol. The number of phenolic OH excluding ortho intramolecular Hbond substituents is 1. The molecule has 0 saturated carbocycles. The minimum atomic E-state index is 0.125. The van der Waals surface area contributed by atoms with Crippen LogP contribution >= 0.6 is 0 Å².